The maximum atomic E-state index is 12.7. The molecule has 1 atom stereocenters. The molecule has 8 heteroatoms. The molecule has 1 fully saturated rings. The van der Waals surface area contributed by atoms with Gasteiger partial charge in [-0.2, -0.15) is 13.2 Å². The van der Waals surface area contributed by atoms with Crippen molar-refractivity contribution in [1.82, 2.24) is 0 Å². The van der Waals surface area contributed by atoms with Crippen molar-refractivity contribution in [3.8, 4) is 0 Å². The molecule has 5 nitrogen and oxygen atoms in total. The van der Waals surface area contributed by atoms with E-state index in [9.17, 15) is 22.8 Å². The van der Waals surface area contributed by atoms with E-state index >= 15 is 0 Å². The number of hydrogen-bond acceptors (Lipinski definition) is 3. The molecule has 2 rings (SSSR count). The Labute approximate surface area is 117 Å². The number of nitrogens with one attached hydrogen (secondary N) is 1. The van der Waals surface area contributed by atoms with Gasteiger partial charge in [-0.15, -0.1) is 0 Å². The van der Waals surface area contributed by atoms with Crippen LogP contribution in [0.1, 0.15) is 28.8 Å². The Morgan fingerprint density at radius 1 is 1.33 bits per heavy atom. The van der Waals surface area contributed by atoms with Gasteiger partial charge in [0.25, 0.3) is 5.91 Å². The second kappa shape index (κ2) is 5.72. The van der Waals surface area contributed by atoms with Crippen LogP contribution < -0.4 is 5.32 Å². The van der Waals surface area contributed by atoms with E-state index in [0.717, 1.165) is 6.07 Å². The summed E-state index contributed by atoms with van der Waals surface area (Å²) in [6, 6.07) is 2.08. The molecule has 0 bridgehead atoms. The van der Waals surface area contributed by atoms with Crippen LogP contribution in [0.2, 0.25) is 0 Å². The average molecular weight is 303 g/mol. The van der Waals surface area contributed by atoms with Crippen molar-refractivity contribution in [3.05, 3.63) is 29.3 Å². The van der Waals surface area contributed by atoms with E-state index < -0.39 is 41.0 Å². The molecule has 1 saturated heterocycles. The molecule has 114 valence electrons. The maximum absolute atomic E-state index is 12.7. The highest BCUT2D eigenvalue weighted by atomic mass is 19.4. The molecule has 0 aromatic heterocycles. The molecule has 0 spiro atoms. The lowest BCUT2D eigenvalue weighted by Gasteiger charge is -2.14. The van der Waals surface area contributed by atoms with Crippen LogP contribution in [0, 0.1) is 0 Å². The molecular weight excluding hydrogens is 291 g/mol. The summed E-state index contributed by atoms with van der Waals surface area (Å²) in [6.07, 6.45) is -4.26. The van der Waals surface area contributed by atoms with E-state index in [1.54, 1.807) is 0 Å². The Balaban J connectivity index is 2.30. The summed E-state index contributed by atoms with van der Waals surface area (Å²) in [5, 5.41) is 11.2. The number of carboxylic acids is 1. The summed E-state index contributed by atoms with van der Waals surface area (Å²) in [4.78, 5) is 22.9. The van der Waals surface area contributed by atoms with Crippen LogP contribution in [0.4, 0.5) is 18.9 Å². The molecular formula is C13H12F3NO4. The molecule has 2 N–H and O–H groups in total. The SMILES string of the molecule is O=C(O)c1ccc(C(F)(F)F)cc1NC(=O)[C@H]1CCCO1. The third kappa shape index (κ3) is 3.52. The van der Waals surface area contributed by atoms with Crippen molar-refractivity contribution in [3.63, 3.8) is 0 Å². The first kappa shape index (κ1) is 15.3. The molecule has 1 amide bonds. The number of carbonyl (C=O) groups excluding carboxylic acids is 1. The third-order valence-corrected chi connectivity index (χ3v) is 3.06. The highest BCUT2D eigenvalue weighted by molar-refractivity contribution is 6.02. The van der Waals surface area contributed by atoms with E-state index in [-0.39, 0.29) is 0 Å². The fraction of sp³-hybridized carbons (Fsp3) is 0.385. The van der Waals surface area contributed by atoms with Crippen molar-refractivity contribution in [2.75, 3.05) is 11.9 Å². The van der Waals surface area contributed by atoms with Crippen LogP contribution in [-0.4, -0.2) is 29.7 Å². The first-order valence-electron chi connectivity index (χ1n) is 6.16. The molecule has 1 aromatic carbocycles. The number of alkyl halides is 3. The van der Waals surface area contributed by atoms with Gasteiger partial charge in [0.1, 0.15) is 6.10 Å². The van der Waals surface area contributed by atoms with Gasteiger partial charge in [-0.3, -0.25) is 4.79 Å². The number of carboxylic acid groups (broad SMARTS) is 1. The average Bonchev–Trinajstić information content (AvgIpc) is 2.91. The summed E-state index contributed by atoms with van der Waals surface area (Å²) in [5.74, 6) is -2.07. The molecule has 0 aliphatic carbocycles. The second-order valence-corrected chi connectivity index (χ2v) is 4.55. The van der Waals surface area contributed by atoms with E-state index in [1.807, 2.05) is 0 Å². The number of benzene rings is 1. The number of carbonyl (C=O) groups is 2. The predicted octanol–water partition coefficient (Wildman–Crippen LogP) is 2.52. The highest BCUT2D eigenvalue weighted by Gasteiger charge is 2.32. The zero-order valence-corrected chi connectivity index (χ0v) is 10.7. The largest absolute Gasteiger partial charge is 0.478 e. The number of aromatic carboxylic acids is 1. The van der Waals surface area contributed by atoms with E-state index in [0.29, 0.717) is 31.6 Å². The fourth-order valence-corrected chi connectivity index (χ4v) is 2.01. The fourth-order valence-electron chi connectivity index (χ4n) is 2.01. The molecule has 0 unspecified atom stereocenters. The smallest absolute Gasteiger partial charge is 0.416 e. The highest BCUT2D eigenvalue weighted by Crippen LogP contribution is 2.32. The summed E-state index contributed by atoms with van der Waals surface area (Å²) < 4.78 is 43.1. The van der Waals surface area contributed by atoms with Crippen molar-refractivity contribution in [2.24, 2.45) is 0 Å². The predicted molar refractivity (Wildman–Crippen MR) is 66.0 cm³/mol. The standard InChI is InChI=1S/C13H12F3NO4/c14-13(15,16)7-3-4-8(12(19)20)9(6-7)17-11(18)10-2-1-5-21-10/h3-4,6,10H,1-2,5H2,(H,17,18)(H,19,20)/t10-/m1/s1. The first-order chi connectivity index (χ1) is 9.79. The topological polar surface area (TPSA) is 75.6 Å². The zero-order valence-electron chi connectivity index (χ0n) is 10.7. The van der Waals surface area contributed by atoms with E-state index in [4.69, 9.17) is 9.84 Å². The van der Waals surface area contributed by atoms with Gasteiger partial charge in [0, 0.05) is 6.61 Å². The molecule has 1 aromatic rings. The van der Waals surface area contributed by atoms with Crippen LogP contribution >= 0.6 is 0 Å². The summed E-state index contributed by atoms with van der Waals surface area (Å²) >= 11 is 0. The van der Waals surface area contributed by atoms with Crippen LogP contribution in [0.3, 0.4) is 0 Å². The minimum Gasteiger partial charge on any atom is -0.478 e. The van der Waals surface area contributed by atoms with Gasteiger partial charge in [0.05, 0.1) is 16.8 Å². The quantitative estimate of drug-likeness (QED) is 0.899. The number of hydrogen-bond donors (Lipinski definition) is 2. The zero-order chi connectivity index (χ0) is 15.6. The maximum Gasteiger partial charge on any atom is 0.416 e. The van der Waals surface area contributed by atoms with E-state index in [2.05, 4.69) is 5.32 Å². The Hall–Kier alpha value is -2.09. The Bertz CT molecular complexity index is 565. The van der Waals surface area contributed by atoms with Crippen molar-refractivity contribution in [1.29, 1.82) is 0 Å². The number of halogens is 3. The minimum atomic E-state index is -4.62. The third-order valence-electron chi connectivity index (χ3n) is 3.06. The van der Waals surface area contributed by atoms with Crippen molar-refractivity contribution in [2.45, 2.75) is 25.1 Å². The number of anilines is 1. The van der Waals surface area contributed by atoms with Gasteiger partial charge in [-0.25, -0.2) is 4.79 Å². The van der Waals surface area contributed by atoms with Crippen LogP contribution in [-0.2, 0) is 15.7 Å². The van der Waals surface area contributed by atoms with Gasteiger partial charge in [-0.1, -0.05) is 0 Å². The number of amides is 1. The van der Waals surface area contributed by atoms with Gasteiger partial charge >= 0.3 is 12.1 Å². The first-order valence-corrected chi connectivity index (χ1v) is 6.16. The molecule has 0 radical (unpaired) electrons. The van der Waals surface area contributed by atoms with Crippen molar-refractivity contribution < 1.29 is 32.6 Å². The second-order valence-electron chi connectivity index (χ2n) is 4.55. The van der Waals surface area contributed by atoms with Crippen LogP contribution in [0.5, 0.6) is 0 Å². The van der Waals surface area contributed by atoms with Crippen molar-refractivity contribution >= 4 is 17.6 Å². The Kier molecular flexibility index (Phi) is 4.17. The molecule has 21 heavy (non-hydrogen) atoms. The van der Waals surface area contributed by atoms with E-state index in [1.165, 1.54) is 0 Å². The monoisotopic (exact) mass is 303 g/mol. The summed E-state index contributed by atoms with van der Waals surface area (Å²) in [7, 11) is 0. The van der Waals surface area contributed by atoms with Crippen LogP contribution in [0.25, 0.3) is 0 Å². The molecule has 1 aliphatic heterocycles. The normalized spacial score (nSPS) is 18.5. The van der Waals surface area contributed by atoms with Crippen LogP contribution in [0.15, 0.2) is 18.2 Å². The van der Waals surface area contributed by atoms with Gasteiger partial charge in [0.15, 0.2) is 0 Å². The summed E-state index contributed by atoms with van der Waals surface area (Å²) in [6.45, 7) is 0.395. The number of rotatable bonds is 3. The lowest BCUT2D eigenvalue weighted by molar-refractivity contribution is -0.137. The number of ether oxygens (including phenoxy) is 1. The lowest BCUT2D eigenvalue weighted by Crippen LogP contribution is -2.28. The van der Waals surface area contributed by atoms with Gasteiger partial charge < -0.3 is 15.2 Å². The van der Waals surface area contributed by atoms with Gasteiger partial charge in [0.2, 0.25) is 0 Å². The summed E-state index contributed by atoms with van der Waals surface area (Å²) in [5.41, 5.74) is -1.83. The molecule has 1 heterocycles. The molecule has 0 saturated carbocycles. The minimum absolute atomic E-state index is 0.391. The Morgan fingerprint density at radius 3 is 2.57 bits per heavy atom. The lowest BCUT2D eigenvalue weighted by atomic mass is 10.1. The Morgan fingerprint density at radius 2 is 2.05 bits per heavy atom. The molecule has 1 aliphatic rings. The van der Waals surface area contributed by atoms with Gasteiger partial charge in [-0.05, 0) is 31.0 Å².